The number of aliphatic hydroxyl groups excluding tert-OH is 1. The van der Waals surface area contributed by atoms with E-state index in [0.29, 0.717) is 5.82 Å². The minimum absolute atomic E-state index is 0.0201. The topological polar surface area (TPSA) is 96.1 Å². The molecule has 1 fully saturated rings. The lowest BCUT2D eigenvalue weighted by Gasteiger charge is -2.36. The van der Waals surface area contributed by atoms with Gasteiger partial charge in [0.05, 0.1) is 6.61 Å². The van der Waals surface area contributed by atoms with Crippen molar-refractivity contribution >= 4 is 11.6 Å². The monoisotopic (exact) mass is 293 g/mol. The zero-order chi connectivity index (χ0) is 15.3. The molecule has 1 heterocycles. The van der Waals surface area contributed by atoms with Crippen LogP contribution in [0.15, 0.2) is 6.33 Å². The number of aromatic nitrogens is 2. The summed E-state index contributed by atoms with van der Waals surface area (Å²) in [4.78, 5) is 8.53. The molecule has 118 valence electrons. The molecule has 0 bridgehead atoms. The lowest BCUT2D eigenvalue weighted by molar-refractivity contribution is 0.0943. The number of hydrazine groups is 1. The summed E-state index contributed by atoms with van der Waals surface area (Å²) in [5.74, 6) is 7.27. The first-order valence-electron chi connectivity index (χ1n) is 7.78. The summed E-state index contributed by atoms with van der Waals surface area (Å²) >= 11 is 0. The van der Waals surface area contributed by atoms with Gasteiger partial charge < -0.3 is 15.8 Å². The van der Waals surface area contributed by atoms with Crippen LogP contribution in [-0.2, 0) is 0 Å². The van der Waals surface area contributed by atoms with Crippen LogP contribution in [0.1, 0.15) is 57.4 Å². The zero-order valence-corrected chi connectivity index (χ0v) is 13.0. The average molecular weight is 293 g/mol. The van der Waals surface area contributed by atoms with E-state index in [4.69, 9.17) is 5.84 Å². The molecule has 0 radical (unpaired) electrons. The van der Waals surface area contributed by atoms with E-state index < -0.39 is 0 Å². The van der Waals surface area contributed by atoms with E-state index in [-0.39, 0.29) is 17.9 Å². The van der Waals surface area contributed by atoms with Gasteiger partial charge >= 0.3 is 0 Å². The lowest BCUT2D eigenvalue weighted by atomic mass is 9.74. The van der Waals surface area contributed by atoms with Gasteiger partial charge in [0.1, 0.15) is 18.0 Å². The highest BCUT2D eigenvalue weighted by Gasteiger charge is 2.31. The summed E-state index contributed by atoms with van der Waals surface area (Å²) in [5.41, 5.74) is 3.61. The number of hydrogen-bond donors (Lipinski definition) is 4. The summed E-state index contributed by atoms with van der Waals surface area (Å²) < 4.78 is 0. The van der Waals surface area contributed by atoms with Gasteiger partial charge in [-0.1, -0.05) is 33.1 Å². The number of anilines is 2. The van der Waals surface area contributed by atoms with Gasteiger partial charge in [-0.2, -0.15) is 0 Å². The molecule has 0 atom stereocenters. The standard InChI is InChI=1S/C15H27N5O/c1-11(2)12-13(18-10-19-14(12)20-16)17-8-15(9-21)6-4-3-5-7-15/h10-11,21H,3-9,16H2,1-2H3,(H2,17,18,19,20). The predicted molar refractivity (Wildman–Crippen MR) is 85.0 cm³/mol. The Balaban J connectivity index is 2.15. The van der Waals surface area contributed by atoms with Crippen molar-refractivity contribution in [2.45, 2.75) is 51.9 Å². The molecule has 1 saturated carbocycles. The molecule has 0 aromatic carbocycles. The number of aliphatic hydroxyl groups is 1. The summed E-state index contributed by atoms with van der Waals surface area (Å²) in [7, 11) is 0. The first kappa shape index (κ1) is 16.0. The molecule has 0 spiro atoms. The molecule has 5 N–H and O–H groups in total. The van der Waals surface area contributed by atoms with Crippen LogP contribution >= 0.6 is 0 Å². The van der Waals surface area contributed by atoms with E-state index in [9.17, 15) is 5.11 Å². The number of nitrogens with zero attached hydrogens (tertiary/aromatic N) is 2. The molecule has 6 heteroatoms. The van der Waals surface area contributed by atoms with Crippen LogP contribution in [0.2, 0.25) is 0 Å². The van der Waals surface area contributed by atoms with Gasteiger partial charge in [0.15, 0.2) is 0 Å². The van der Waals surface area contributed by atoms with Crippen LogP contribution in [0.25, 0.3) is 0 Å². The SMILES string of the molecule is CC(C)c1c(NN)ncnc1NCC1(CO)CCCCC1. The first-order valence-corrected chi connectivity index (χ1v) is 7.78. The molecular formula is C15H27N5O. The van der Waals surface area contributed by atoms with Crippen molar-refractivity contribution in [1.82, 2.24) is 9.97 Å². The second-order valence-corrected chi connectivity index (χ2v) is 6.36. The van der Waals surface area contributed by atoms with Crippen LogP contribution in [0, 0.1) is 5.41 Å². The molecule has 21 heavy (non-hydrogen) atoms. The number of hydrogen-bond acceptors (Lipinski definition) is 6. The van der Waals surface area contributed by atoms with E-state index in [1.54, 1.807) is 0 Å². The third-order valence-corrected chi connectivity index (χ3v) is 4.48. The Hall–Kier alpha value is -1.40. The molecule has 1 aliphatic rings. The molecule has 0 unspecified atom stereocenters. The first-order chi connectivity index (χ1) is 10.1. The Labute approximate surface area is 126 Å². The van der Waals surface area contributed by atoms with Crippen molar-refractivity contribution in [3.05, 3.63) is 11.9 Å². The molecule has 0 aliphatic heterocycles. The maximum Gasteiger partial charge on any atom is 0.148 e. The highest BCUT2D eigenvalue weighted by atomic mass is 16.3. The average Bonchev–Trinajstić information content (AvgIpc) is 2.53. The van der Waals surface area contributed by atoms with E-state index in [1.807, 2.05) is 0 Å². The maximum absolute atomic E-state index is 9.79. The number of nitrogens with one attached hydrogen (secondary N) is 2. The van der Waals surface area contributed by atoms with Crippen molar-refractivity contribution in [3.63, 3.8) is 0 Å². The Morgan fingerprint density at radius 2 is 1.90 bits per heavy atom. The molecular weight excluding hydrogens is 266 g/mol. The van der Waals surface area contributed by atoms with Crippen molar-refractivity contribution in [2.24, 2.45) is 11.3 Å². The van der Waals surface area contributed by atoms with Gasteiger partial charge in [-0.3, -0.25) is 0 Å². The Kier molecular flexibility index (Phi) is 5.36. The molecule has 1 aromatic rings. The fourth-order valence-electron chi connectivity index (χ4n) is 3.16. The summed E-state index contributed by atoms with van der Waals surface area (Å²) in [5, 5.41) is 13.2. The van der Waals surface area contributed by atoms with Crippen LogP contribution < -0.4 is 16.6 Å². The van der Waals surface area contributed by atoms with Gasteiger partial charge in [-0.25, -0.2) is 15.8 Å². The summed E-state index contributed by atoms with van der Waals surface area (Å²) in [6, 6.07) is 0. The molecule has 1 aromatic heterocycles. The maximum atomic E-state index is 9.79. The Morgan fingerprint density at radius 1 is 1.24 bits per heavy atom. The van der Waals surface area contributed by atoms with E-state index >= 15 is 0 Å². The third kappa shape index (κ3) is 3.63. The largest absolute Gasteiger partial charge is 0.396 e. The van der Waals surface area contributed by atoms with Crippen molar-refractivity contribution in [2.75, 3.05) is 23.9 Å². The van der Waals surface area contributed by atoms with Crippen molar-refractivity contribution < 1.29 is 5.11 Å². The molecule has 1 aliphatic carbocycles. The summed E-state index contributed by atoms with van der Waals surface area (Å²) in [6.07, 6.45) is 7.31. The second kappa shape index (κ2) is 7.04. The smallest absolute Gasteiger partial charge is 0.148 e. The van der Waals surface area contributed by atoms with Gasteiger partial charge in [-0.05, 0) is 18.8 Å². The van der Waals surface area contributed by atoms with Crippen molar-refractivity contribution in [3.8, 4) is 0 Å². The fourth-order valence-corrected chi connectivity index (χ4v) is 3.16. The van der Waals surface area contributed by atoms with Crippen molar-refractivity contribution in [1.29, 1.82) is 0 Å². The Bertz CT molecular complexity index is 457. The Morgan fingerprint density at radius 3 is 2.48 bits per heavy atom. The highest BCUT2D eigenvalue weighted by molar-refractivity contribution is 5.58. The lowest BCUT2D eigenvalue weighted by Crippen LogP contribution is -2.36. The zero-order valence-electron chi connectivity index (χ0n) is 13.0. The number of nitrogen functional groups attached to an aromatic ring is 1. The highest BCUT2D eigenvalue weighted by Crippen LogP contribution is 2.36. The van der Waals surface area contributed by atoms with E-state index in [2.05, 4.69) is 34.6 Å². The minimum atomic E-state index is -0.0201. The number of rotatable bonds is 6. The molecule has 0 amide bonds. The normalized spacial score (nSPS) is 17.8. The summed E-state index contributed by atoms with van der Waals surface area (Å²) in [6.45, 7) is 5.15. The quantitative estimate of drug-likeness (QED) is 0.474. The molecule has 6 nitrogen and oxygen atoms in total. The second-order valence-electron chi connectivity index (χ2n) is 6.36. The van der Waals surface area contributed by atoms with Crippen LogP contribution in [-0.4, -0.2) is 28.2 Å². The molecule has 0 saturated heterocycles. The van der Waals surface area contributed by atoms with E-state index in [0.717, 1.165) is 30.8 Å². The predicted octanol–water partition coefficient (Wildman–Crippen LogP) is 2.24. The van der Waals surface area contributed by atoms with E-state index in [1.165, 1.54) is 25.6 Å². The van der Waals surface area contributed by atoms with Gasteiger partial charge in [-0.15, -0.1) is 0 Å². The van der Waals surface area contributed by atoms with Gasteiger partial charge in [0.2, 0.25) is 0 Å². The van der Waals surface area contributed by atoms with Gasteiger partial charge in [0.25, 0.3) is 0 Å². The number of nitrogens with two attached hydrogens (primary N) is 1. The van der Waals surface area contributed by atoms with Gasteiger partial charge in [0, 0.05) is 17.5 Å². The fraction of sp³-hybridized carbons (Fsp3) is 0.733. The minimum Gasteiger partial charge on any atom is -0.396 e. The van der Waals surface area contributed by atoms with Crippen LogP contribution in [0.3, 0.4) is 0 Å². The van der Waals surface area contributed by atoms with Crippen LogP contribution in [0.5, 0.6) is 0 Å². The third-order valence-electron chi connectivity index (χ3n) is 4.48. The molecule has 2 rings (SSSR count). The van der Waals surface area contributed by atoms with Crippen LogP contribution in [0.4, 0.5) is 11.6 Å².